The van der Waals surface area contributed by atoms with Gasteiger partial charge in [0.2, 0.25) is 0 Å². The Balaban J connectivity index is 1.90. The van der Waals surface area contributed by atoms with Gasteiger partial charge in [0.25, 0.3) is 5.91 Å². The molecule has 2 atom stereocenters. The van der Waals surface area contributed by atoms with Crippen LogP contribution >= 0.6 is 11.8 Å². The number of nitrogens with two attached hydrogens (primary N) is 1. The molecule has 5 heteroatoms. The zero-order valence-corrected chi connectivity index (χ0v) is 12.2. The molecule has 2 N–H and O–H groups in total. The van der Waals surface area contributed by atoms with Crippen molar-refractivity contribution in [3.8, 4) is 5.75 Å². The quantitative estimate of drug-likeness (QED) is 0.860. The first-order valence-electron chi connectivity index (χ1n) is 6.47. The third kappa shape index (κ3) is 3.56. The predicted molar refractivity (Wildman–Crippen MR) is 79.4 cm³/mol. The first-order valence-corrected chi connectivity index (χ1v) is 7.52. The lowest BCUT2D eigenvalue weighted by atomic mass is 10.2. The van der Waals surface area contributed by atoms with Crippen LogP contribution < -0.4 is 10.5 Å². The lowest BCUT2D eigenvalue weighted by Crippen LogP contribution is -2.49. The number of ether oxygens (including phenoxy) is 1. The second-order valence-corrected chi connectivity index (χ2v) is 6.25. The minimum Gasteiger partial charge on any atom is -0.484 e. The number of carbonyl (C=O) groups is 1. The molecule has 2 unspecified atom stereocenters. The Morgan fingerprint density at radius 2 is 2.32 bits per heavy atom. The molecule has 1 aliphatic heterocycles. The Morgan fingerprint density at radius 1 is 1.53 bits per heavy atom. The van der Waals surface area contributed by atoms with Gasteiger partial charge in [-0.2, -0.15) is 11.8 Å². The van der Waals surface area contributed by atoms with Gasteiger partial charge in [0.1, 0.15) is 5.75 Å². The number of amides is 1. The van der Waals surface area contributed by atoms with Crippen LogP contribution in [0.5, 0.6) is 5.75 Å². The Hall–Kier alpha value is -1.36. The third-order valence-electron chi connectivity index (χ3n) is 3.42. The summed E-state index contributed by atoms with van der Waals surface area (Å²) in [5, 5.41) is 0.477. The molecule has 1 aromatic rings. The van der Waals surface area contributed by atoms with E-state index in [1.54, 1.807) is 12.1 Å². The molecule has 1 aromatic carbocycles. The van der Waals surface area contributed by atoms with E-state index in [1.807, 2.05) is 28.8 Å². The van der Waals surface area contributed by atoms with E-state index in [4.69, 9.17) is 10.5 Å². The van der Waals surface area contributed by atoms with E-state index in [-0.39, 0.29) is 18.6 Å². The van der Waals surface area contributed by atoms with E-state index in [0.29, 0.717) is 16.7 Å². The number of thioether (sulfide) groups is 1. The molecule has 4 nitrogen and oxygen atoms in total. The molecule has 2 rings (SSSR count). The summed E-state index contributed by atoms with van der Waals surface area (Å²) in [7, 11) is 0. The minimum absolute atomic E-state index is 0.0436. The monoisotopic (exact) mass is 280 g/mol. The van der Waals surface area contributed by atoms with E-state index >= 15 is 0 Å². The summed E-state index contributed by atoms with van der Waals surface area (Å²) >= 11 is 1.91. The van der Waals surface area contributed by atoms with Gasteiger partial charge in [-0.1, -0.05) is 13.0 Å². The van der Waals surface area contributed by atoms with E-state index in [0.717, 1.165) is 12.3 Å². The molecule has 1 fully saturated rings. The minimum atomic E-state index is 0.0436. The average Bonchev–Trinajstić information content (AvgIpc) is 2.39. The van der Waals surface area contributed by atoms with Crippen LogP contribution in [-0.4, -0.2) is 41.0 Å². The highest BCUT2D eigenvalue weighted by molar-refractivity contribution is 8.00. The largest absolute Gasteiger partial charge is 0.484 e. The maximum absolute atomic E-state index is 12.2. The lowest BCUT2D eigenvalue weighted by molar-refractivity contribution is -0.135. The van der Waals surface area contributed by atoms with Gasteiger partial charge in [0.15, 0.2) is 6.61 Å². The first kappa shape index (κ1) is 14.1. The second-order valence-electron chi connectivity index (χ2n) is 4.76. The fourth-order valence-corrected chi connectivity index (χ4v) is 3.22. The standard InChI is InChI=1S/C14H20N2O2S/c1-10-11(2)19-7-6-16(10)14(17)9-18-13-5-3-4-12(15)8-13/h3-5,8,10-11H,6-7,9,15H2,1-2H3. The summed E-state index contributed by atoms with van der Waals surface area (Å²) in [6.07, 6.45) is 0. The number of nitrogens with zero attached hydrogens (tertiary/aromatic N) is 1. The predicted octanol–water partition coefficient (Wildman–Crippen LogP) is 2.00. The number of carbonyl (C=O) groups excluding carboxylic acids is 1. The number of hydrogen-bond acceptors (Lipinski definition) is 4. The zero-order valence-electron chi connectivity index (χ0n) is 11.3. The van der Waals surface area contributed by atoms with E-state index in [2.05, 4.69) is 13.8 Å². The van der Waals surface area contributed by atoms with Gasteiger partial charge in [0, 0.05) is 35.3 Å². The molecule has 19 heavy (non-hydrogen) atoms. The normalized spacial score (nSPS) is 23.2. The van der Waals surface area contributed by atoms with Gasteiger partial charge in [-0.3, -0.25) is 4.79 Å². The van der Waals surface area contributed by atoms with Crippen LogP contribution in [0.2, 0.25) is 0 Å². The molecule has 1 aliphatic rings. The van der Waals surface area contributed by atoms with Crippen molar-refractivity contribution in [1.82, 2.24) is 4.90 Å². The highest BCUT2D eigenvalue weighted by Crippen LogP contribution is 2.24. The van der Waals surface area contributed by atoms with Crippen molar-refractivity contribution in [2.24, 2.45) is 0 Å². The molecule has 0 aliphatic carbocycles. The van der Waals surface area contributed by atoms with Crippen LogP contribution in [0.3, 0.4) is 0 Å². The van der Waals surface area contributed by atoms with Crippen LogP contribution in [0, 0.1) is 0 Å². The van der Waals surface area contributed by atoms with Crippen molar-refractivity contribution in [2.75, 3.05) is 24.6 Å². The zero-order chi connectivity index (χ0) is 13.8. The van der Waals surface area contributed by atoms with Gasteiger partial charge < -0.3 is 15.4 Å². The third-order valence-corrected chi connectivity index (χ3v) is 4.76. The second kappa shape index (κ2) is 6.19. The van der Waals surface area contributed by atoms with Crippen LogP contribution in [0.4, 0.5) is 5.69 Å². The molecular formula is C14H20N2O2S. The molecule has 0 bridgehead atoms. The number of nitrogen functional groups attached to an aromatic ring is 1. The van der Waals surface area contributed by atoms with Crippen molar-refractivity contribution < 1.29 is 9.53 Å². The lowest BCUT2D eigenvalue weighted by Gasteiger charge is -2.37. The summed E-state index contributed by atoms with van der Waals surface area (Å²) in [6.45, 7) is 5.13. The summed E-state index contributed by atoms with van der Waals surface area (Å²) < 4.78 is 5.51. The summed E-state index contributed by atoms with van der Waals surface area (Å²) in [5.74, 6) is 1.68. The molecule has 0 aromatic heterocycles. The Bertz CT molecular complexity index is 453. The van der Waals surface area contributed by atoms with Gasteiger partial charge in [-0.05, 0) is 19.1 Å². The summed E-state index contributed by atoms with van der Waals surface area (Å²) in [5.41, 5.74) is 6.31. The average molecular weight is 280 g/mol. The first-order chi connectivity index (χ1) is 9.08. The van der Waals surface area contributed by atoms with Crippen LogP contribution in [0.25, 0.3) is 0 Å². The molecule has 0 radical (unpaired) electrons. The maximum atomic E-state index is 12.2. The van der Waals surface area contributed by atoms with Crippen molar-refractivity contribution in [1.29, 1.82) is 0 Å². The number of hydrogen-bond donors (Lipinski definition) is 1. The highest BCUT2D eigenvalue weighted by Gasteiger charge is 2.28. The molecule has 1 saturated heterocycles. The smallest absolute Gasteiger partial charge is 0.260 e. The van der Waals surface area contributed by atoms with Gasteiger partial charge in [-0.15, -0.1) is 0 Å². The van der Waals surface area contributed by atoms with Gasteiger partial charge >= 0.3 is 0 Å². The number of anilines is 1. The van der Waals surface area contributed by atoms with Gasteiger partial charge in [0.05, 0.1) is 0 Å². The summed E-state index contributed by atoms with van der Waals surface area (Å²) in [6, 6.07) is 7.40. The van der Waals surface area contributed by atoms with Crippen LogP contribution in [0.1, 0.15) is 13.8 Å². The van der Waals surface area contributed by atoms with Crippen LogP contribution in [-0.2, 0) is 4.79 Å². The molecule has 1 heterocycles. The SMILES string of the molecule is CC1SCCN(C(=O)COc2cccc(N)c2)C1C. The van der Waals surface area contributed by atoms with E-state index < -0.39 is 0 Å². The number of benzene rings is 1. The number of rotatable bonds is 3. The van der Waals surface area contributed by atoms with E-state index in [1.165, 1.54) is 0 Å². The summed E-state index contributed by atoms with van der Waals surface area (Å²) in [4.78, 5) is 14.1. The topological polar surface area (TPSA) is 55.6 Å². The molecule has 0 spiro atoms. The fourth-order valence-electron chi connectivity index (χ4n) is 2.12. The molecular weight excluding hydrogens is 260 g/mol. The molecule has 0 saturated carbocycles. The Labute approximate surface area is 118 Å². The molecule has 104 valence electrons. The maximum Gasteiger partial charge on any atom is 0.260 e. The Kier molecular flexibility index (Phi) is 4.58. The van der Waals surface area contributed by atoms with Crippen LogP contribution in [0.15, 0.2) is 24.3 Å². The van der Waals surface area contributed by atoms with E-state index in [9.17, 15) is 4.79 Å². The molecule has 1 amide bonds. The van der Waals surface area contributed by atoms with Crippen molar-refractivity contribution in [3.63, 3.8) is 0 Å². The Morgan fingerprint density at radius 3 is 3.05 bits per heavy atom. The highest BCUT2D eigenvalue weighted by atomic mass is 32.2. The fraction of sp³-hybridized carbons (Fsp3) is 0.500. The van der Waals surface area contributed by atoms with Crippen molar-refractivity contribution in [3.05, 3.63) is 24.3 Å². The van der Waals surface area contributed by atoms with Crippen molar-refractivity contribution in [2.45, 2.75) is 25.1 Å². The van der Waals surface area contributed by atoms with Gasteiger partial charge in [-0.25, -0.2) is 0 Å². The van der Waals surface area contributed by atoms with Crippen molar-refractivity contribution >= 4 is 23.4 Å².